The molecular formula is C17H25Cl2N3O. The molecule has 1 aliphatic heterocycles. The van der Waals surface area contributed by atoms with Crippen LogP contribution in [-0.4, -0.2) is 36.5 Å². The Labute approximate surface area is 148 Å². The number of halogens is 2. The van der Waals surface area contributed by atoms with Crippen molar-refractivity contribution >= 4 is 29.1 Å². The molecule has 1 fully saturated rings. The maximum absolute atomic E-state index is 12.3. The number of piperidine rings is 1. The fourth-order valence-corrected chi connectivity index (χ4v) is 3.28. The quantitative estimate of drug-likeness (QED) is 0.869. The van der Waals surface area contributed by atoms with Gasteiger partial charge in [0, 0.05) is 19.1 Å². The molecule has 2 rings (SSSR count). The number of hydrogen-bond donors (Lipinski definition) is 2. The van der Waals surface area contributed by atoms with E-state index in [1.54, 1.807) is 12.1 Å². The standard InChI is InChI=1S/C17H25Cl2N3O/c1-11(12-4-5-13(18)14(19)8-12)21-16(23)9-22-7-6-15(20)17(2,3)10-22/h4-5,8,11,15H,6-7,9-10,20H2,1-3H3,(H,21,23). The van der Waals surface area contributed by atoms with Crippen molar-refractivity contribution in [3.05, 3.63) is 33.8 Å². The number of nitrogens with one attached hydrogen (secondary N) is 1. The third-order valence-corrected chi connectivity index (χ3v) is 5.32. The molecule has 128 valence electrons. The normalized spacial score (nSPS) is 22.6. The fraction of sp³-hybridized carbons (Fsp3) is 0.588. The van der Waals surface area contributed by atoms with Gasteiger partial charge in [-0.05, 0) is 36.5 Å². The summed E-state index contributed by atoms with van der Waals surface area (Å²) in [4.78, 5) is 14.5. The zero-order valence-corrected chi connectivity index (χ0v) is 15.4. The van der Waals surface area contributed by atoms with Crippen molar-refractivity contribution < 1.29 is 4.79 Å². The summed E-state index contributed by atoms with van der Waals surface area (Å²) in [7, 11) is 0. The lowest BCUT2D eigenvalue weighted by atomic mass is 9.80. The van der Waals surface area contributed by atoms with Crippen LogP contribution in [0.25, 0.3) is 0 Å². The van der Waals surface area contributed by atoms with Gasteiger partial charge in [-0.3, -0.25) is 9.69 Å². The van der Waals surface area contributed by atoms with Crippen molar-refractivity contribution in [2.75, 3.05) is 19.6 Å². The highest BCUT2D eigenvalue weighted by Crippen LogP contribution is 2.28. The molecule has 0 saturated carbocycles. The molecule has 4 nitrogen and oxygen atoms in total. The van der Waals surface area contributed by atoms with Crippen LogP contribution in [0.15, 0.2) is 18.2 Å². The maximum atomic E-state index is 12.3. The van der Waals surface area contributed by atoms with Crippen molar-refractivity contribution in [3.63, 3.8) is 0 Å². The lowest BCUT2D eigenvalue weighted by Gasteiger charge is -2.42. The third kappa shape index (κ3) is 4.83. The first-order chi connectivity index (χ1) is 10.7. The third-order valence-electron chi connectivity index (χ3n) is 4.58. The highest BCUT2D eigenvalue weighted by atomic mass is 35.5. The first-order valence-corrected chi connectivity index (χ1v) is 8.67. The highest BCUT2D eigenvalue weighted by Gasteiger charge is 2.33. The summed E-state index contributed by atoms with van der Waals surface area (Å²) in [5.41, 5.74) is 7.11. The molecule has 1 aromatic carbocycles. The van der Waals surface area contributed by atoms with Crippen molar-refractivity contribution in [2.24, 2.45) is 11.1 Å². The summed E-state index contributed by atoms with van der Waals surface area (Å²) >= 11 is 12.0. The van der Waals surface area contributed by atoms with Crippen LogP contribution in [0.4, 0.5) is 0 Å². The number of amides is 1. The van der Waals surface area contributed by atoms with Gasteiger partial charge in [0.05, 0.1) is 22.6 Å². The van der Waals surface area contributed by atoms with Crippen LogP contribution in [-0.2, 0) is 4.79 Å². The average molecular weight is 358 g/mol. The lowest BCUT2D eigenvalue weighted by molar-refractivity contribution is -0.123. The van der Waals surface area contributed by atoms with Gasteiger partial charge in [-0.1, -0.05) is 43.1 Å². The molecule has 1 saturated heterocycles. The Bertz CT molecular complexity index is 577. The smallest absolute Gasteiger partial charge is 0.234 e. The van der Waals surface area contributed by atoms with E-state index in [0.717, 1.165) is 25.1 Å². The highest BCUT2D eigenvalue weighted by molar-refractivity contribution is 6.42. The topological polar surface area (TPSA) is 58.4 Å². The van der Waals surface area contributed by atoms with Crippen LogP contribution in [0.2, 0.25) is 10.0 Å². The van der Waals surface area contributed by atoms with E-state index in [-0.39, 0.29) is 23.4 Å². The van der Waals surface area contributed by atoms with Gasteiger partial charge < -0.3 is 11.1 Å². The second-order valence-corrected chi connectivity index (χ2v) is 7.87. The molecule has 1 heterocycles. The molecule has 1 amide bonds. The second-order valence-electron chi connectivity index (χ2n) is 7.06. The Kier molecular flexibility index (Phi) is 5.95. The predicted molar refractivity (Wildman–Crippen MR) is 95.8 cm³/mol. The van der Waals surface area contributed by atoms with E-state index in [1.165, 1.54) is 0 Å². The molecule has 0 aliphatic carbocycles. The summed E-state index contributed by atoms with van der Waals surface area (Å²) in [5.74, 6) is 0.00911. The van der Waals surface area contributed by atoms with E-state index in [4.69, 9.17) is 28.9 Å². The maximum Gasteiger partial charge on any atom is 0.234 e. The number of likely N-dealkylation sites (tertiary alicyclic amines) is 1. The van der Waals surface area contributed by atoms with Crippen LogP contribution in [0.3, 0.4) is 0 Å². The predicted octanol–water partition coefficient (Wildman–Crippen LogP) is 3.23. The molecule has 1 aliphatic rings. The Morgan fingerprint density at radius 1 is 1.43 bits per heavy atom. The van der Waals surface area contributed by atoms with Crippen molar-refractivity contribution in [1.82, 2.24) is 10.2 Å². The molecule has 2 atom stereocenters. The monoisotopic (exact) mass is 357 g/mol. The minimum absolute atomic E-state index is 0.00911. The van der Waals surface area contributed by atoms with Crippen LogP contribution in [0.5, 0.6) is 0 Å². The molecule has 23 heavy (non-hydrogen) atoms. The largest absolute Gasteiger partial charge is 0.348 e. The lowest BCUT2D eigenvalue weighted by Crippen LogP contribution is -2.54. The number of benzene rings is 1. The number of hydrogen-bond acceptors (Lipinski definition) is 3. The van der Waals surface area contributed by atoms with Gasteiger partial charge in [0.1, 0.15) is 0 Å². The van der Waals surface area contributed by atoms with Gasteiger partial charge >= 0.3 is 0 Å². The van der Waals surface area contributed by atoms with Gasteiger partial charge in [0.2, 0.25) is 5.91 Å². The van der Waals surface area contributed by atoms with Crippen LogP contribution >= 0.6 is 23.2 Å². The molecule has 3 N–H and O–H groups in total. The fourth-order valence-electron chi connectivity index (χ4n) is 2.98. The van der Waals surface area contributed by atoms with E-state index in [9.17, 15) is 4.79 Å². The van der Waals surface area contributed by atoms with E-state index in [1.807, 2.05) is 13.0 Å². The van der Waals surface area contributed by atoms with E-state index >= 15 is 0 Å². The number of rotatable bonds is 4. The molecule has 0 bridgehead atoms. The zero-order valence-electron chi connectivity index (χ0n) is 13.9. The Morgan fingerprint density at radius 3 is 2.74 bits per heavy atom. The number of carbonyl (C=O) groups excluding carboxylic acids is 1. The summed E-state index contributed by atoms with van der Waals surface area (Å²) in [6.07, 6.45) is 0.919. The first-order valence-electron chi connectivity index (χ1n) is 7.91. The Hall–Kier alpha value is -0.810. The first kappa shape index (κ1) is 18.5. The second kappa shape index (κ2) is 7.39. The number of nitrogens with two attached hydrogens (primary N) is 1. The van der Waals surface area contributed by atoms with E-state index < -0.39 is 0 Å². The van der Waals surface area contributed by atoms with Crippen molar-refractivity contribution in [3.8, 4) is 0 Å². The minimum Gasteiger partial charge on any atom is -0.348 e. The summed E-state index contributed by atoms with van der Waals surface area (Å²) in [5, 5.41) is 4.03. The summed E-state index contributed by atoms with van der Waals surface area (Å²) in [6.45, 7) is 8.33. The van der Waals surface area contributed by atoms with Gasteiger partial charge in [-0.2, -0.15) is 0 Å². The molecular weight excluding hydrogens is 333 g/mol. The van der Waals surface area contributed by atoms with E-state index in [2.05, 4.69) is 24.1 Å². The van der Waals surface area contributed by atoms with Crippen LogP contribution in [0.1, 0.15) is 38.8 Å². The van der Waals surface area contributed by atoms with Gasteiger partial charge in [0.25, 0.3) is 0 Å². The molecule has 0 spiro atoms. The minimum atomic E-state index is -0.114. The van der Waals surface area contributed by atoms with Crippen LogP contribution < -0.4 is 11.1 Å². The van der Waals surface area contributed by atoms with Gasteiger partial charge in [0.15, 0.2) is 0 Å². The van der Waals surface area contributed by atoms with Gasteiger partial charge in [-0.25, -0.2) is 0 Å². The van der Waals surface area contributed by atoms with Crippen molar-refractivity contribution in [2.45, 2.75) is 39.3 Å². The SMILES string of the molecule is CC(NC(=O)CN1CCC(N)C(C)(C)C1)c1ccc(Cl)c(Cl)c1. The Morgan fingerprint density at radius 2 is 2.13 bits per heavy atom. The Balaban J connectivity index is 1.90. The molecule has 1 aromatic rings. The van der Waals surface area contributed by atoms with Gasteiger partial charge in [-0.15, -0.1) is 0 Å². The molecule has 2 unspecified atom stereocenters. The number of carbonyl (C=O) groups is 1. The molecule has 6 heteroatoms. The number of nitrogens with zero attached hydrogens (tertiary/aromatic N) is 1. The summed E-state index contributed by atoms with van der Waals surface area (Å²) < 4.78 is 0. The van der Waals surface area contributed by atoms with Crippen LogP contribution in [0, 0.1) is 5.41 Å². The summed E-state index contributed by atoms with van der Waals surface area (Å²) in [6, 6.07) is 5.49. The zero-order chi connectivity index (χ0) is 17.2. The van der Waals surface area contributed by atoms with E-state index in [0.29, 0.717) is 16.6 Å². The molecule has 0 aromatic heterocycles. The van der Waals surface area contributed by atoms with Crippen molar-refractivity contribution in [1.29, 1.82) is 0 Å². The molecule has 0 radical (unpaired) electrons. The average Bonchev–Trinajstić information content (AvgIpc) is 2.45.